The Labute approximate surface area is 299 Å². The predicted molar refractivity (Wildman–Crippen MR) is 193 cm³/mol. The second kappa shape index (κ2) is 12.1. The van der Waals surface area contributed by atoms with Gasteiger partial charge in [-0.05, 0) is 90.8 Å². The molecule has 1 aromatic rings. The summed E-state index contributed by atoms with van der Waals surface area (Å²) in [7, 11) is 0. The van der Waals surface area contributed by atoms with Crippen molar-refractivity contribution in [2.24, 2.45) is 67.8 Å². The van der Waals surface area contributed by atoms with Crippen LogP contribution in [0.2, 0.25) is 0 Å². The van der Waals surface area contributed by atoms with Crippen molar-refractivity contribution in [3.8, 4) is 0 Å². The first-order chi connectivity index (χ1) is 23.1. The van der Waals surface area contributed by atoms with Gasteiger partial charge in [-0.2, -0.15) is 5.10 Å². The van der Waals surface area contributed by atoms with Gasteiger partial charge >= 0.3 is 11.7 Å². The number of nitro groups is 1. The van der Waals surface area contributed by atoms with Gasteiger partial charge in [0, 0.05) is 16.9 Å². The summed E-state index contributed by atoms with van der Waals surface area (Å²) in [5, 5.41) is 27.5. The largest absolute Gasteiger partial charge is 0.481 e. The minimum Gasteiger partial charge on any atom is -0.481 e. The number of rotatable bonds is 8. The molecule has 1 aliphatic heterocycles. The van der Waals surface area contributed by atoms with Gasteiger partial charge in [0.15, 0.2) is 0 Å². The molecule has 0 amide bonds. The van der Waals surface area contributed by atoms with E-state index in [-0.39, 0.29) is 74.3 Å². The average molecular weight is 697 g/mol. The van der Waals surface area contributed by atoms with E-state index in [1.54, 1.807) is 10.9 Å². The molecule has 2 heterocycles. The minimum atomic E-state index is -0.662. The molecule has 1 aromatic heterocycles. The van der Waals surface area contributed by atoms with Crippen molar-refractivity contribution >= 4 is 11.7 Å². The first-order valence-electron chi connectivity index (χ1n) is 19.2. The van der Waals surface area contributed by atoms with Crippen LogP contribution in [0.5, 0.6) is 0 Å². The van der Waals surface area contributed by atoms with Gasteiger partial charge in [0.2, 0.25) is 0 Å². The first kappa shape index (κ1) is 37.5. The van der Waals surface area contributed by atoms with E-state index in [1.807, 2.05) is 0 Å². The van der Waals surface area contributed by atoms with Crippen molar-refractivity contribution in [1.29, 1.82) is 0 Å². The standard InChI is InChI=1S/C40H64N4O6/c1-23(2)24(3)36(8)16-17-38(10)27-12-13-30-37(9)22-50-25(4)40(30,28(27)14-15-39(38,11)32(36)34(45)46)18-29(43-20-26(19-42-43)44(47)48)33(37)49-21-31(41)35(5,6)7/h14,19-20,23-25,27,29-33H,12-13,15-18,21-22,41H2,1-11H3,(H,45,46)/t24-,25+,27+,29-,30+,31+,32-,33+,36-,37-,38?,39+,40+/m1/s1. The average Bonchev–Trinajstić information content (AvgIpc) is 3.52. The number of nitrogens with zero attached hydrogens (tertiary/aromatic N) is 3. The van der Waals surface area contributed by atoms with E-state index < -0.39 is 22.7 Å². The predicted octanol–water partition coefficient (Wildman–Crippen LogP) is 8.07. The molecule has 1 unspecified atom stereocenters. The van der Waals surface area contributed by atoms with Crippen LogP contribution in [0.4, 0.5) is 5.69 Å². The molecule has 4 fully saturated rings. The number of carbonyl (C=O) groups is 1. The topological polar surface area (TPSA) is 143 Å². The number of carboxylic acids is 1. The quantitative estimate of drug-likeness (QED) is 0.158. The zero-order valence-electron chi connectivity index (χ0n) is 32.5. The molecule has 3 N–H and O–H groups in total. The minimum absolute atomic E-state index is 0.0309. The summed E-state index contributed by atoms with van der Waals surface area (Å²) in [5.41, 5.74) is 6.22. The third-order valence-electron chi connectivity index (χ3n) is 16.3. The van der Waals surface area contributed by atoms with Crippen LogP contribution in [-0.2, 0) is 14.3 Å². The molecule has 10 heteroatoms. The van der Waals surface area contributed by atoms with Gasteiger partial charge in [0.05, 0.1) is 42.3 Å². The normalized spacial score (nSPS) is 44.0. The highest BCUT2D eigenvalue weighted by Gasteiger charge is 2.73. The lowest BCUT2D eigenvalue weighted by Crippen LogP contribution is -2.71. The van der Waals surface area contributed by atoms with Crippen LogP contribution in [0.15, 0.2) is 24.0 Å². The number of allylic oxidation sites excluding steroid dienone is 1. The Morgan fingerprint density at radius 2 is 1.86 bits per heavy atom. The van der Waals surface area contributed by atoms with E-state index in [9.17, 15) is 20.0 Å². The van der Waals surface area contributed by atoms with Crippen molar-refractivity contribution in [2.45, 2.75) is 139 Å². The molecular weight excluding hydrogens is 632 g/mol. The number of hydrogen-bond acceptors (Lipinski definition) is 7. The molecule has 4 aliphatic carbocycles. The summed E-state index contributed by atoms with van der Waals surface area (Å²) in [6, 6.07) is -0.460. The van der Waals surface area contributed by atoms with Gasteiger partial charge in [0.25, 0.3) is 0 Å². The number of aliphatic carboxylic acids is 1. The summed E-state index contributed by atoms with van der Waals surface area (Å²) in [5.74, 6) is 0.0198. The van der Waals surface area contributed by atoms with Crippen LogP contribution in [0, 0.1) is 72.2 Å². The van der Waals surface area contributed by atoms with Gasteiger partial charge in [-0.25, -0.2) is 0 Å². The fraction of sp³-hybridized carbons (Fsp3) is 0.850. The van der Waals surface area contributed by atoms with Gasteiger partial charge < -0.3 is 20.3 Å². The van der Waals surface area contributed by atoms with Crippen molar-refractivity contribution in [1.82, 2.24) is 9.78 Å². The number of carboxylic acid groups (broad SMARTS) is 1. The molecule has 1 saturated heterocycles. The Balaban J connectivity index is 1.48. The number of nitrogens with two attached hydrogens (primary N) is 1. The van der Waals surface area contributed by atoms with E-state index in [2.05, 4.69) is 87.3 Å². The van der Waals surface area contributed by atoms with Crippen LogP contribution in [0.1, 0.15) is 121 Å². The first-order valence-corrected chi connectivity index (χ1v) is 19.2. The molecular formula is C40H64N4O6. The Morgan fingerprint density at radius 1 is 1.18 bits per heavy atom. The summed E-state index contributed by atoms with van der Waals surface area (Å²) >= 11 is 0. The Bertz CT molecular complexity index is 1530. The number of fused-ring (bicyclic) bond motifs is 3. The number of aromatic nitrogens is 2. The third-order valence-corrected chi connectivity index (χ3v) is 16.3. The van der Waals surface area contributed by atoms with E-state index >= 15 is 0 Å². The monoisotopic (exact) mass is 696 g/mol. The summed E-state index contributed by atoms with van der Waals surface area (Å²) < 4.78 is 15.6. The van der Waals surface area contributed by atoms with Gasteiger partial charge in [-0.3, -0.25) is 19.6 Å². The molecule has 2 bridgehead atoms. The molecule has 280 valence electrons. The maximum Gasteiger partial charge on any atom is 0.307 e. The van der Waals surface area contributed by atoms with Crippen LogP contribution in [-0.4, -0.2) is 57.2 Å². The molecule has 3 saturated carbocycles. The van der Waals surface area contributed by atoms with Gasteiger partial charge in [0.1, 0.15) is 12.4 Å². The smallest absolute Gasteiger partial charge is 0.307 e. The van der Waals surface area contributed by atoms with Crippen molar-refractivity contribution < 1.29 is 24.3 Å². The van der Waals surface area contributed by atoms with E-state index in [4.69, 9.17) is 15.2 Å². The van der Waals surface area contributed by atoms with E-state index in [0.717, 1.165) is 25.7 Å². The lowest BCUT2D eigenvalue weighted by atomic mass is 9.33. The van der Waals surface area contributed by atoms with Gasteiger partial charge in [-0.15, -0.1) is 0 Å². The lowest BCUT2D eigenvalue weighted by Gasteiger charge is -2.72. The second-order valence-electron chi connectivity index (χ2n) is 19.6. The summed E-state index contributed by atoms with van der Waals surface area (Å²) in [4.78, 5) is 25.0. The van der Waals surface area contributed by atoms with Crippen LogP contribution in [0.25, 0.3) is 0 Å². The van der Waals surface area contributed by atoms with Gasteiger partial charge in [-0.1, -0.05) is 80.9 Å². The highest BCUT2D eigenvalue weighted by molar-refractivity contribution is 5.73. The zero-order chi connectivity index (χ0) is 37.0. The number of hydrogen-bond donors (Lipinski definition) is 2. The highest BCUT2D eigenvalue weighted by atomic mass is 16.6. The molecule has 50 heavy (non-hydrogen) atoms. The molecule has 10 nitrogen and oxygen atoms in total. The molecule has 6 rings (SSSR count). The molecule has 0 spiro atoms. The van der Waals surface area contributed by atoms with Crippen molar-refractivity contribution in [3.63, 3.8) is 0 Å². The zero-order valence-corrected chi connectivity index (χ0v) is 32.5. The van der Waals surface area contributed by atoms with Crippen LogP contribution < -0.4 is 5.73 Å². The van der Waals surface area contributed by atoms with Crippen LogP contribution >= 0.6 is 0 Å². The van der Waals surface area contributed by atoms with E-state index in [1.165, 1.54) is 11.8 Å². The molecule has 0 radical (unpaired) electrons. The van der Waals surface area contributed by atoms with Crippen LogP contribution in [0.3, 0.4) is 0 Å². The Morgan fingerprint density at radius 3 is 2.44 bits per heavy atom. The molecule has 13 atom stereocenters. The molecule has 0 aromatic carbocycles. The lowest BCUT2D eigenvalue weighted by molar-refractivity contribution is -0.385. The summed E-state index contributed by atoms with van der Waals surface area (Å²) in [6.45, 7) is 25.4. The summed E-state index contributed by atoms with van der Waals surface area (Å²) in [6.07, 6.45) is 10.2. The van der Waals surface area contributed by atoms with E-state index in [0.29, 0.717) is 32.0 Å². The SMILES string of the molecule is CC(C)[C@@H](C)[C@@]1(C)CCC2(C)[C@H]3CC[C@H]4[C@@]5(C)CO[C@@H](C)[C@@]4(C[C@@H](n4cc([N+](=O)[O-])cn4)[C@@H]5OC[C@H](N)C(C)(C)C)C3=CC[C@@]2(C)[C@@H]1C(=O)O. The maximum atomic E-state index is 13.5. The maximum absolute atomic E-state index is 13.5. The Kier molecular flexibility index (Phi) is 9.08. The number of ether oxygens (including phenoxy) is 2. The Hall–Kier alpha value is -2.30. The van der Waals surface area contributed by atoms with Crippen molar-refractivity contribution in [2.75, 3.05) is 13.2 Å². The second-order valence-corrected chi connectivity index (χ2v) is 19.6. The fourth-order valence-corrected chi connectivity index (χ4v) is 12.5. The highest BCUT2D eigenvalue weighted by Crippen LogP contribution is 2.76. The molecule has 5 aliphatic rings. The van der Waals surface area contributed by atoms with Crippen molar-refractivity contribution in [3.05, 3.63) is 34.2 Å². The fourth-order valence-electron chi connectivity index (χ4n) is 12.5. The third kappa shape index (κ3) is 5.11.